The van der Waals surface area contributed by atoms with Gasteiger partial charge in [-0.05, 0) is 26.2 Å². The summed E-state index contributed by atoms with van der Waals surface area (Å²) in [5.41, 5.74) is 2.23. The summed E-state index contributed by atoms with van der Waals surface area (Å²) in [6, 6.07) is 0.411. The summed E-state index contributed by atoms with van der Waals surface area (Å²) in [6.45, 7) is 4.06. The van der Waals surface area contributed by atoms with Gasteiger partial charge >= 0.3 is 0 Å². The molecule has 16 heavy (non-hydrogen) atoms. The van der Waals surface area contributed by atoms with Crippen molar-refractivity contribution >= 4 is 0 Å². The third-order valence-electron chi connectivity index (χ3n) is 3.76. The Morgan fingerprint density at radius 2 is 1.88 bits per heavy atom. The SMILES string of the molecule is CCc1c(C)[nH]n(C2CCCCCC2)c1=O. The minimum absolute atomic E-state index is 0.215. The van der Waals surface area contributed by atoms with Gasteiger partial charge in [0.25, 0.3) is 5.56 Å². The van der Waals surface area contributed by atoms with Crippen molar-refractivity contribution in [2.24, 2.45) is 0 Å². The average molecular weight is 222 g/mol. The summed E-state index contributed by atoms with van der Waals surface area (Å²) in [5, 5.41) is 3.27. The highest BCUT2D eigenvalue weighted by molar-refractivity contribution is 5.15. The zero-order valence-electron chi connectivity index (χ0n) is 10.4. The number of rotatable bonds is 2. The predicted octanol–water partition coefficient (Wildman–Crippen LogP) is 2.94. The fourth-order valence-corrected chi connectivity index (χ4v) is 2.79. The van der Waals surface area contributed by atoms with Crippen LogP contribution in [0.3, 0.4) is 0 Å². The van der Waals surface area contributed by atoms with E-state index >= 15 is 0 Å². The maximum atomic E-state index is 12.2. The number of aromatic amines is 1. The smallest absolute Gasteiger partial charge is 0.270 e. The van der Waals surface area contributed by atoms with Crippen molar-refractivity contribution in [3.63, 3.8) is 0 Å². The molecule has 0 aromatic carbocycles. The molecule has 1 aromatic rings. The zero-order chi connectivity index (χ0) is 11.5. The summed E-state index contributed by atoms with van der Waals surface area (Å²) < 4.78 is 1.89. The Morgan fingerprint density at radius 1 is 1.25 bits per heavy atom. The lowest BCUT2D eigenvalue weighted by atomic mass is 10.1. The highest BCUT2D eigenvalue weighted by Gasteiger charge is 2.18. The Labute approximate surface area is 96.8 Å². The molecule has 1 aliphatic carbocycles. The quantitative estimate of drug-likeness (QED) is 0.768. The Morgan fingerprint density at radius 3 is 2.38 bits per heavy atom. The second-order valence-corrected chi connectivity index (χ2v) is 4.89. The van der Waals surface area contributed by atoms with Gasteiger partial charge in [0.1, 0.15) is 0 Å². The molecule has 1 saturated carbocycles. The van der Waals surface area contributed by atoms with Crippen LogP contribution in [0.1, 0.15) is 62.7 Å². The predicted molar refractivity (Wildman–Crippen MR) is 65.9 cm³/mol. The maximum absolute atomic E-state index is 12.2. The van der Waals surface area contributed by atoms with Gasteiger partial charge in [-0.15, -0.1) is 0 Å². The molecule has 3 nitrogen and oxygen atoms in total. The van der Waals surface area contributed by atoms with Crippen LogP contribution in [-0.2, 0) is 6.42 Å². The van der Waals surface area contributed by atoms with Crippen LogP contribution in [0.25, 0.3) is 0 Å². The lowest BCUT2D eigenvalue weighted by Gasteiger charge is -2.14. The molecule has 0 spiro atoms. The van der Waals surface area contributed by atoms with E-state index < -0.39 is 0 Å². The summed E-state index contributed by atoms with van der Waals surface area (Å²) in [7, 11) is 0. The monoisotopic (exact) mass is 222 g/mol. The van der Waals surface area contributed by atoms with Gasteiger partial charge in [-0.1, -0.05) is 32.6 Å². The van der Waals surface area contributed by atoms with E-state index in [1.54, 1.807) is 0 Å². The lowest BCUT2D eigenvalue weighted by molar-refractivity contribution is 0.394. The van der Waals surface area contributed by atoms with E-state index in [4.69, 9.17) is 0 Å². The summed E-state index contributed by atoms with van der Waals surface area (Å²) in [4.78, 5) is 12.2. The van der Waals surface area contributed by atoms with Crippen LogP contribution in [0.5, 0.6) is 0 Å². The standard InChI is InChI=1S/C13H22N2O/c1-3-12-10(2)14-15(13(12)16)11-8-6-4-5-7-9-11/h11,14H,3-9H2,1-2H3. The van der Waals surface area contributed by atoms with Gasteiger partial charge in [-0.25, -0.2) is 4.68 Å². The molecule has 1 aliphatic rings. The molecule has 0 bridgehead atoms. The number of nitrogens with one attached hydrogen (secondary N) is 1. The lowest BCUT2D eigenvalue weighted by Crippen LogP contribution is -2.23. The summed E-state index contributed by atoms with van der Waals surface area (Å²) in [6.07, 6.45) is 8.32. The van der Waals surface area contributed by atoms with Crippen molar-refractivity contribution in [1.29, 1.82) is 0 Å². The fraction of sp³-hybridized carbons (Fsp3) is 0.769. The van der Waals surface area contributed by atoms with Gasteiger partial charge in [0, 0.05) is 11.3 Å². The molecule has 90 valence electrons. The van der Waals surface area contributed by atoms with Gasteiger partial charge < -0.3 is 0 Å². The number of nitrogens with zero attached hydrogens (tertiary/aromatic N) is 1. The average Bonchev–Trinajstić information content (AvgIpc) is 2.49. The Balaban J connectivity index is 2.28. The van der Waals surface area contributed by atoms with Gasteiger partial charge in [0.05, 0.1) is 6.04 Å². The van der Waals surface area contributed by atoms with Gasteiger partial charge in [-0.3, -0.25) is 9.89 Å². The van der Waals surface area contributed by atoms with Crippen molar-refractivity contribution in [3.8, 4) is 0 Å². The van der Waals surface area contributed by atoms with Crippen molar-refractivity contribution in [2.75, 3.05) is 0 Å². The van der Waals surface area contributed by atoms with Crippen LogP contribution in [0.4, 0.5) is 0 Å². The molecule has 0 saturated heterocycles. The Kier molecular flexibility index (Phi) is 3.52. The van der Waals surface area contributed by atoms with Gasteiger partial charge in [-0.2, -0.15) is 0 Å². The molecular weight excluding hydrogens is 200 g/mol. The van der Waals surface area contributed by atoms with Gasteiger partial charge in [0.15, 0.2) is 0 Å². The van der Waals surface area contributed by atoms with E-state index in [1.807, 2.05) is 11.6 Å². The molecule has 1 aromatic heterocycles. The molecule has 0 aliphatic heterocycles. The van der Waals surface area contributed by atoms with E-state index in [1.165, 1.54) is 25.7 Å². The molecule has 0 unspecified atom stereocenters. The van der Waals surface area contributed by atoms with Crippen LogP contribution in [0.2, 0.25) is 0 Å². The minimum atomic E-state index is 0.215. The molecule has 1 N–H and O–H groups in total. The van der Waals surface area contributed by atoms with Crippen LogP contribution >= 0.6 is 0 Å². The maximum Gasteiger partial charge on any atom is 0.270 e. The third kappa shape index (κ3) is 2.08. The van der Waals surface area contributed by atoms with Crippen molar-refractivity contribution in [2.45, 2.75) is 64.8 Å². The summed E-state index contributed by atoms with van der Waals surface area (Å²) in [5.74, 6) is 0. The van der Waals surface area contributed by atoms with Crippen LogP contribution < -0.4 is 5.56 Å². The molecule has 1 heterocycles. The van der Waals surface area contributed by atoms with Crippen LogP contribution in [0.15, 0.2) is 4.79 Å². The second kappa shape index (κ2) is 4.89. The van der Waals surface area contributed by atoms with Gasteiger partial charge in [0.2, 0.25) is 0 Å². The number of H-pyrrole nitrogens is 1. The fourth-order valence-electron chi connectivity index (χ4n) is 2.79. The Hall–Kier alpha value is -0.990. The first-order chi connectivity index (χ1) is 7.74. The Bertz CT molecular complexity index is 395. The number of hydrogen-bond donors (Lipinski definition) is 1. The molecule has 2 rings (SSSR count). The second-order valence-electron chi connectivity index (χ2n) is 4.89. The minimum Gasteiger partial charge on any atom is -0.299 e. The van der Waals surface area contributed by atoms with Crippen molar-refractivity contribution in [1.82, 2.24) is 9.78 Å². The van der Waals surface area contributed by atoms with E-state index in [0.717, 1.165) is 30.5 Å². The number of aromatic nitrogens is 2. The highest BCUT2D eigenvalue weighted by atomic mass is 16.1. The topological polar surface area (TPSA) is 37.8 Å². The van der Waals surface area contributed by atoms with E-state index in [2.05, 4.69) is 12.0 Å². The first kappa shape index (κ1) is 11.5. The molecule has 0 radical (unpaired) electrons. The molecule has 0 amide bonds. The molecule has 1 fully saturated rings. The van der Waals surface area contributed by atoms with Crippen molar-refractivity contribution < 1.29 is 0 Å². The zero-order valence-corrected chi connectivity index (χ0v) is 10.4. The molecule has 0 atom stereocenters. The first-order valence-corrected chi connectivity index (χ1v) is 6.54. The molecule has 3 heteroatoms. The highest BCUT2D eigenvalue weighted by Crippen LogP contribution is 2.25. The largest absolute Gasteiger partial charge is 0.299 e. The normalized spacial score (nSPS) is 18.6. The molecular formula is C13H22N2O. The third-order valence-corrected chi connectivity index (χ3v) is 3.76. The van der Waals surface area contributed by atoms with Crippen LogP contribution in [0, 0.1) is 6.92 Å². The number of hydrogen-bond acceptors (Lipinski definition) is 1. The van der Waals surface area contributed by atoms with E-state index in [0.29, 0.717) is 6.04 Å². The van der Waals surface area contributed by atoms with E-state index in [-0.39, 0.29) is 5.56 Å². The van der Waals surface area contributed by atoms with E-state index in [9.17, 15) is 4.79 Å². The van der Waals surface area contributed by atoms with Crippen molar-refractivity contribution in [3.05, 3.63) is 21.6 Å². The first-order valence-electron chi connectivity index (χ1n) is 6.54. The summed E-state index contributed by atoms with van der Waals surface area (Å²) >= 11 is 0. The van der Waals surface area contributed by atoms with Crippen LogP contribution in [-0.4, -0.2) is 9.78 Å². The number of aryl methyl sites for hydroxylation is 1.